The van der Waals surface area contributed by atoms with Crippen LogP contribution in [0.5, 0.6) is 0 Å². The Hall–Kier alpha value is -1.44. The second kappa shape index (κ2) is 6.21. The van der Waals surface area contributed by atoms with Gasteiger partial charge in [-0.25, -0.2) is 0 Å². The van der Waals surface area contributed by atoms with Crippen molar-refractivity contribution in [3.63, 3.8) is 0 Å². The smallest absolute Gasteiger partial charge is 0.228 e. The number of aryl methyl sites for hydroxylation is 1. The summed E-state index contributed by atoms with van der Waals surface area (Å²) >= 11 is 0. The van der Waals surface area contributed by atoms with E-state index in [9.17, 15) is 9.59 Å². The van der Waals surface area contributed by atoms with Gasteiger partial charge in [0.05, 0.1) is 0 Å². The first-order chi connectivity index (χ1) is 7.65. The van der Waals surface area contributed by atoms with Gasteiger partial charge < -0.3 is 0 Å². The Morgan fingerprint density at radius 3 is 2.25 bits per heavy atom. The molecule has 0 aliphatic heterocycles. The molecule has 1 aromatic rings. The minimum atomic E-state index is -0.351. The first kappa shape index (κ1) is 12.6. The third kappa shape index (κ3) is 3.61. The molecule has 0 radical (unpaired) electrons. The molecule has 0 heterocycles. The fourth-order valence-electron chi connectivity index (χ4n) is 1.52. The van der Waals surface area contributed by atoms with Crippen LogP contribution in [0.4, 0.5) is 0 Å². The highest BCUT2D eigenvalue weighted by atomic mass is 16.2. The van der Waals surface area contributed by atoms with Gasteiger partial charge in [-0.15, -0.1) is 0 Å². The summed E-state index contributed by atoms with van der Waals surface area (Å²) in [5.41, 5.74) is 1.60. The zero-order valence-corrected chi connectivity index (χ0v) is 9.95. The first-order valence-electron chi connectivity index (χ1n) is 5.79. The largest absolute Gasteiger partial charge is 0.290 e. The molecule has 86 valence electrons. The van der Waals surface area contributed by atoms with Gasteiger partial charge in [-0.3, -0.25) is 9.59 Å². The molecule has 0 aliphatic carbocycles. The van der Waals surface area contributed by atoms with Crippen molar-refractivity contribution in [3.8, 4) is 0 Å². The van der Waals surface area contributed by atoms with Crippen LogP contribution in [-0.4, -0.2) is 11.6 Å². The Labute approximate surface area is 96.7 Å². The second-order valence-electron chi connectivity index (χ2n) is 4.08. The summed E-state index contributed by atoms with van der Waals surface area (Å²) in [5, 5.41) is 0. The quantitative estimate of drug-likeness (QED) is 0.417. The first-order valence-corrected chi connectivity index (χ1v) is 5.79. The molecule has 2 heteroatoms. The van der Waals surface area contributed by atoms with E-state index in [2.05, 4.69) is 6.92 Å². The number of hydrogen-bond donors (Lipinski definition) is 0. The molecule has 0 atom stereocenters. The lowest BCUT2D eigenvalue weighted by molar-refractivity contribution is -0.115. The highest BCUT2D eigenvalue weighted by molar-refractivity contribution is 6.43. The zero-order chi connectivity index (χ0) is 12.0. The number of Topliss-reactive ketones (excluding diaryl/α,β-unsaturated/α-hetero) is 2. The predicted octanol–water partition coefficient (Wildman–Crippen LogP) is 3.33. The highest BCUT2D eigenvalue weighted by Crippen LogP contribution is 2.08. The van der Waals surface area contributed by atoms with Crippen LogP contribution in [0.3, 0.4) is 0 Å². The van der Waals surface area contributed by atoms with Crippen LogP contribution in [0.1, 0.15) is 48.5 Å². The van der Waals surface area contributed by atoms with Gasteiger partial charge in [0, 0.05) is 12.0 Å². The van der Waals surface area contributed by atoms with Crippen LogP contribution in [0.15, 0.2) is 24.3 Å². The molecular weight excluding hydrogens is 200 g/mol. The monoisotopic (exact) mass is 218 g/mol. The van der Waals surface area contributed by atoms with Crippen molar-refractivity contribution in [3.05, 3.63) is 35.4 Å². The molecule has 0 spiro atoms. The van der Waals surface area contributed by atoms with Crippen LogP contribution in [0.2, 0.25) is 0 Å². The van der Waals surface area contributed by atoms with Gasteiger partial charge in [-0.2, -0.15) is 0 Å². The van der Waals surface area contributed by atoms with Gasteiger partial charge in [0.2, 0.25) is 11.6 Å². The molecule has 0 saturated carbocycles. The standard InChI is InChI=1S/C14H18O2/c1-3-4-5-6-13(15)14(16)12-9-7-11(2)8-10-12/h7-10H,3-6H2,1-2H3. The average Bonchev–Trinajstić information content (AvgIpc) is 2.29. The van der Waals surface area contributed by atoms with Crippen molar-refractivity contribution in [2.45, 2.75) is 39.5 Å². The fraction of sp³-hybridized carbons (Fsp3) is 0.429. The van der Waals surface area contributed by atoms with Crippen LogP contribution >= 0.6 is 0 Å². The molecule has 1 aromatic carbocycles. The van der Waals surface area contributed by atoms with Gasteiger partial charge in [0.25, 0.3) is 0 Å². The maximum absolute atomic E-state index is 11.7. The zero-order valence-electron chi connectivity index (χ0n) is 9.95. The average molecular weight is 218 g/mol. The fourth-order valence-corrected chi connectivity index (χ4v) is 1.52. The minimum Gasteiger partial charge on any atom is -0.290 e. The number of carbonyl (C=O) groups is 2. The van der Waals surface area contributed by atoms with E-state index in [0.717, 1.165) is 24.8 Å². The Balaban J connectivity index is 2.57. The summed E-state index contributed by atoms with van der Waals surface area (Å²) in [6, 6.07) is 7.14. The number of benzene rings is 1. The van der Waals surface area contributed by atoms with Gasteiger partial charge in [0.1, 0.15) is 0 Å². The van der Waals surface area contributed by atoms with Crippen LogP contribution in [0, 0.1) is 6.92 Å². The van der Waals surface area contributed by atoms with E-state index in [-0.39, 0.29) is 11.6 Å². The predicted molar refractivity (Wildman–Crippen MR) is 64.7 cm³/mol. The van der Waals surface area contributed by atoms with Crippen LogP contribution < -0.4 is 0 Å². The van der Waals surface area contributed by atoms with Crippen molar-refractivity contribution in [1.29, 1.82) is 0 Å². The third-order valence-corrected chi connectivity index (χ3v) is 2.57. The molecule has 0 saturated heterocycles. The lowest BCUT2D eigenvalue weighted by atomic mass is 10.0. The van der Waals surface area contributed by atoms with E-state index in [4.69, 9.17) is 0 Å². The molecule has 16 heavy (non-hydrogen) atoms. The highest BCUT2D eigenvalue weighted by Gasteiger charge is 2.14. The summed E-state index contributed by atoms with van der Waals surface area (Å²) in [7, 11) is 0. The number of rotatable bonds is 6. The topological polar surface area (TPSA) is 34.1 Å². The van der Waals surface area contributed by atoms with E-state index in [1.54, 1.807) is 12.1 Å². The van der Waals surface area contributed by atoms with Crippen LogP contribution in [-0.2, 0) is 4.79 Å². The molecule has 0 N–H and O–H groups in total. The summed E-state index contributed by atoms with van der Waals surface area (Å²) in [6.07, 6.45) is 3.26. The number of carbonyl (C=O) groups excluding carboxylic acids is 2. The Kier molecular flexibility index (Phi) is 4.90. The Morgan fingerprint density at radius 2 is 1.69 bits per heavy atom. The Bertz CT molecular complexity index is 363. The van der Waals surface area contributed by atoms with Gasteiger partial charge in [-0.1, -0.05) is 49.6 Å². The third-order valence-electron chi connectivity index (χ3n) is 2.57. The van der Waals surface area contributed by atoms with Crippen molar-refractivity contribution < 1.29 is 9.59 Å². The van der Waals surface area contributed by atoms with Gasteiger partial charge in [0.15, 0.2) is 0 Å². The van der Waals surface area contributed by atoms with Crippen molar-refractivity contribution in [1.82, 2.24) is 0 Å². The lowest BCUT2D eigenvalue weighted by Crippen LogP contribution is -2.13. The molecule has 0 amide bonds. The van der Waals surface area contributed by atoms with Crippen LogP contribution in [0.25, 0.3) is 0 Å². The van der Waals surface area contributed by atoms with E-state index in [1.807, 2.05) is 19.1 Å². The Morgan fingerprint density at radius 1 is 1.06 bits per heavy atom. The summed E-state index contributed by atoms with van der Waals surface area (Å²) in [5.74, 6) is -0.617. The summed E-state index contributed by atoms with van der Waals surface area (Å²) in [6.45, 7) is 4.03. The van der Waals surface area contributed by atoms with E-state index < -0.39 is 0 Å². The minimum absolute atomic E-state index is 0.266. The van der Waals surface area contributed by atoms with E-state index in [0.29, 0.717) is 12.0 Å². The molecule has 0 aromatic heterocycles. The summed E-state index contributed by atoms with van der Waals surface area (Å²) in [4.78, 5) is 23.3. The molecule has 0 aliphatic rings. The number of ketones is 2. The molecule has 2 nitrogen and oxygen atoms in total. The number of unbranched alkanes of at least 4 members (excludes halogenated alkanes) is 2. The van der Waals surface area contributed by atoms with Crippen molar-refractivity contribution >= 4 is 11.6 Å². The molecule has 0 bridgehead atoms. The molecular formula is C14H18O2. The molecule has 0 fully saturated rings. The molecule has 0 unspecified atom stereocenters. The lowest BCUT2D eigenvalue weighted by Gasteiger charge is -2.00. The second-order valence-corrected chi connectivity index (χ2v) is 4.08. The maximum Gasteiger partial charge on any atom is 0.228 e. The van der Waals surface area contributed by atoms with Gasteiger partial charge in [-0.05, 0) is 13.3 Å². The van der Waals surface area contributed by atoms with Crippen molar-refractivity contribution in [2.75, 3.05) is 0 Å². The van der Waals surface area contributed by atoms with Gasteiger partial charge >= 0.3 is 0 Å². The normalized spacial score (nSPS) is 10.1. The summed E-state index contributed by atoms with van der Waals surface area (Å²) < 4.78 is 0. The molecule has 1 rings (SSSR count). The maximum atomic E-state index is 11.7. The SMILES string of the molecule is CCCCCC(=O)C(=O)c1ccc(C)cc1. The van der Waals surface area contributed by atoms with E-state index in [1.165, 1.54) is 0 Å². The van der Waals surface area contributed by atoms with E-state index >= 15 is 0 Å². The van der Waals surface area contributed by atoms with Crippen molar-refractivity contribution in [2.24, 2.45) is 0 Å². The number of hydrogen-bond acceptors (Lipinski definition) is 2.